The summed E-state index contributed by atoms with van der Waals surface area (Å²) in [6.07, 6.45) is 6.25. The summed E-state index contributed by atoms with van der Waals surface area (Å²) in [5, 5.41) is 2.51. The quantitative estimate of drug-likeness (QED) is 0.163. The smallest absolute Gasteiger partial charge is 0.0541 e. The number of benzene rings is 6. The minimum Gasteiger partial charge on any atom is -0.314 e. The van der Waals surface area contributed by atoms with Crippen LogP contribution in [0.4, 0.5) is 11.4 Å². The highest BCUT2D eigenvalue weighted by atomic mass is 15.1. The Hall–Kier alpha value is -5.86. The van der Waals surface area contributed by atoms with Crippen LogP contribution in [0.25, 0.3) is 44.2 Å². The third-order valence-electron chi connectivity index (χ3n) is 8.34. The van der Waals surface area contributed by atoms with Crippen LogP contribution in [0, 0.1) is 0 Å². The number of aromatic nitrogens is 1. The fraction of sp³-hybridized carbons (Fsp3) is 0.0233. The van der Waals surface area contributed by atoms with E-state index < -0.39 is 0 Å². The normalized spacial score (nSPS) is 12.0. The molecule has 0 atom stereocenters. The van der Waals surface area contributed by atoms with Crippen molar-refractivity contribution in [1.82, 2.24) is 4.57 Å². The van der Waals surface area contributed by atoms with Crippen molar-refractivity contribution in [1.29, 1.82) is 0 Å². The lowest BCUT2D eigenvalue weighted by molar-refractivity contribution is 1.13. The summed E-state index contributed by atoms with van der Waals surface area (Å²) in [5.41, 5.74) is 11.4. The first kappa shape index (κ1) is 27.9. The van der Waals surface area contributed by atoms with Crippen LogP contribution in [0.15, 0.2) is 188 Å². The maximum atomic E-state index is 4.09. The van der Waals surface area contributed by atoms with Crippen LogP contribution in [0.3, 0.4) is 0 Å². The minimum atomic E-state index is 1.08. The van der Waals surface area contributed by atoms with Crippen LogP contribution in [0.5, 0.6) is 0 Å². The molecule has 7 rings (SSSR count). The molecule has 1 aromatic heterocycles. The Balaban J connectivity index is 1.36. The monoisotopic (exact) mass is 578 g/mol. The van der Waals surface area contributed by atoms with E-state index in [1.54, 1.807) is 0 Å². The second-order valence-electron chi connectivity index (χ2n) is 11.1. The lowest BCUT2D eigenvalue weighted by Gasteiger charge is -2.27. The summed E-state index contributed by atoms with van der Waals surface area (Å²) < 4.78 is 2.37. The number of fused-ring (bicyclic) bond motifs is 3. The Morgan fingerprint density at radius 2 is 1.13 bits per heavy atom. The van der Waals surface area contributed by atoms with Crippen molar-refractivity contribution >= 4 is 38.8 Å². The van der Waals surface area contributed by atoms with E-state index in [2.05, 4.69) is 187 Å². The van der Waals surface area contributed by atoms with Gasteiger partial charge in [-0.15, -0.1) is 0 Å². The number of hydrogen-bond donors (Lipinski definition) is 0. The molecule has 0 bridgehead atoms. The van der Waals surface area contributed by atoms with Crippen molar-refractivity contribution in [2.75, 3.05) is 4.90 Å². The third kappa shape index (κ3) is 5.50. The first-order valence-electron chi connectivity index (χ1n) is 15.3. The predicted octanol–water partition coefficient (Wildman–Crippen LogP) is 11.8. The van der Waals surface area contributed by atoms with E-state index in [4.69, 9.17) is 0 Å². The fourth-order valence-electron chi connectivity index (χ4n) is 6.16. The van der Waals surface area contributed by atoms with Crippen molar-refractivity contribution < 1.29 is 0 Å². The Bertz CT molecular complexity index is 2110. The number of hydrogen-bond acceptors (Lipinski definition) is 1. The molecule has 0 unspecified atom stereocenters. The molecule has 0 aliphatic rings. The lowest BCUT2D eigenvalue weighted by atomic mass is 10.0. The summed E-state index contributed by atoms with van der Waals surface area (Å²) in [6, 6.07) is 55.9. The maximum absolute atomic E-state index is 4.09. The zero-order chi connectivity index (χ0) is 30.6. The second kappa shape index (κ2) is 12.4. The van der Waals surface area contributed by atoms with Crippen LogP contribution in [0.1, 0.15) is 12.5 Å². The van der Waals surface area contributed by atoms with E-state index in [1.807, 2.05) is 12.1 Å². The van der Waals surface area contributed by atoms with Gasteiger partial charge in [-0.05, 0) is 77.7 Å². The molecule has 1 heterocycles. The summed E-state index contributed by atoms with van der Waals surface area (Å²) in [6.45, 7) is 6.26. The van der Waals surface area contributed by atoms with Gasteiger partial charge in [-0.1, -0.05) is 134 Å². The van der Waals surface area contributed by atoms with E-state index in [-0.39, 0.29) is 0 Å². The Kier molecular flexibility index (Phi) is 7.70. The SMILES string of the molecule is C=C/C(=C\C=C(/C)N(c1ccc(-c2ccccc2)cc1)c1cccc(-n2c3ccccc3c3ccccc32)c1)c1ccccc1. The Morgan fingerprint density at radius 3 is 1.78 bits per heavy atom. The molecule has 0 saturated heterocycles. The summed E-state index contributed by atoms with van der Waals surface area (Å²) >= 11 is 0. The van der Waals surface area contributed by atoms with Crippen molar-refractivity contribution in [2.24, 2.45) is 0 Å². The van der Waals surface area contributed by atoms with Gasteiger partial charge in [0.2, 0.25) is 0 Å². The van der Waals surface area contributed by atoms with Gasteiger partial charge >= 0.3 is 0 Å². The van der Waals surface area contributed by atoms with Crippen molar-refractivity contribution in [3.63, 3.8) is 0 Å². The van der Waals surface area contributed by atoms with E-state index in [0.29, 0.717) is 0 Å². The number of para-hydroxylation sites is 2. The molecule has 0 radical (unpaired) electrons. The molecule has 0 spiro atoms. The van der Waals surface area contributed by atoms with Crippen LogP contribution >= 0.6 is 0 Å². The fourth-order valence-corrected chi connectivity index (χ4v) is 6.16. The van der Waals surface area contributed by atoms with E-state index in [9.17, 15) is 0 Å². The second-order valence-corrected chi connectivity index (χ2v) is 11.1. The molecule has 216 valence electrons. The van der Waals surface area contributed by atoms with E-state index >= 15 is 0 Å². The molecule has 6 aromatic carbocycles. The molecule has 0 aliphatic heterocycles. The molecule has 0 N–H and O–H groups in total. The average molecular weight is 579 g/mol. The van der Waals surface area contributed by atoms with Gasteiger partial charge < -0.3 is 9.47 Å². The highest BCUT2D eigenvalue weighted by Gasteiger charge is 2.16. The van der Waals surface area contributed by atoms with Gasteiger partial charge in [0.15, 0.2) is 0 Å². The predicted molar refractivity (Wildman–Crippen MR) is 193 cm³/mol. The van der Waals surface area contributed by atoms with E-state index in [0.717, 1.165) is 33.9 Å². The van der Waals surface area contributed by atoms with Crippen molar-refractivity contribution in [2.45, 2.75) is 6.92 Å². The molecule has 0 aliphatic carbocycles. The topological polar surface area (TPSA) is 8.17 Å². The molecule has 45 heavy (non-hydrogen) atoms. The van der Waals surface area contributed by atoms with Gasteiger partial charge in [0.1, 0.15) is 0 Å². The lowest BCUT2D eigenvalue weighted by Crippen LogP contribution is -2.14. The van der Waals surface area contributed by atoms with Crippen molar-refractivity contribution in [3.8, 4) is 16.8 Å². The molecule has 2 heteroatoms. The minimum absolute atomic E-state index is 1.08. The Labute approximate surface area is 265 Å². The standard InChI is InChI=1S/C43H34N2/c1-3-33(34-15-6-4-7-16-34)26-25-32(2)44(37-29-27-36(28-30-37)35-17-8-5-9-18-35)38-19-14-20-39(31-38)45-42-23-12-10-21-40(42)41-22-11-13-24-43(41)45/h3-31H,1H2,2H3/b32-25+,33-26+. The zero-order valence-corrected chi connectivity index (χ0v) is 25.3. The maximum Gasteiger partial charge on any atom is 0.0541 e. The summed E-state index contributed by atoms with van der Waals surface area (Å²) in [5.74, 6) is 0. The van der Waals surface area contributed by atoms with Gasteiger partial charge in [-0.3, -0.25) is 0 Å². The van der Waals surface area contributed by atoms with Crippen LogP contribution in [0.2, 0.25) is 0 Å². The molecule has 0 fully saturated rings. The van der Waals surface area contributed by atoms with E-state index in [1.165, 1.54) is 32.9 Å². The van der Waals surface area contributed by atoms with Gasteiger partial charge in [0.05, 0.1) is 11.0 Å². The summed E-state index contributed by atoms with van der Waals surface area (Å²) in [4.78, 5) is 2.33. The molecule has 0 saturated carbocycles. The van der Waals surface area contributed by atoms with Crippen LogP contribution in [-0.2, 0) is 0 Å². The van der Waals surface area contributed by atoms with Gasteiger partial charge in [0.25, 0.3) is 0 Å². The third-order valence-corrected chi connectivity index (χ3v) is 8.34. The van der Waals surface area contributed by atoms with Gasteiger partial charge in [0, 0.05) is 33.5 Å². The number of allylic oxidation sites excluding steroid dienone is 5. The number of rotatable bonds is 8. The molecular weight excluding hydrogens is 544 g/mol. The van der Waals surface area contributed by atoms with Crippen molar-refractivity contribution in [3.05, 3.63) is 194 Å². The zero-order valence-electron chi connectivity index (χ0n) is 25.3. The molecular formula is C43H34N2. The molecule has 2 nitrogen and oxygen atoms in total. The first-order valence-corrected chi connectivity index (χ1v) is 15.3. The van der Waals surface area contributed by atoms with Crippen LogP contribution < -0.4 is 4.90 Å². The average Bonchev–Trinajstić information content (AvgIpc) is 3.44. The Morgan fingerprint density at radius 1 is 0.556 bits per heavy atom. The number of anilines is 2. The van der Waals surface area contributed by atoms with Crippen LogP contribution in [-0.4, -0.2) is 4.57 Å². The highest BCUT2D eigenvalue weighted by Crippen LogP contribution is 2.36. The highest BCUT2D eigenvalue weighted by molar-refractivity contribution is 6.09. The van der Waals surface area contributed by atoms with Gasteiger partial charge in [-0.2, -0.15) is 0 Å². The summed E-state index contributed by atoms with van der Waals surface area (Å²) in [7, 11) is 0. The largest absolute Gasteiger partial charge is 0.314 e. The molecule has 0 amide bonds. The molecule has 7 aromatic rings. The van der Waals surface area contributed by atoms with Gasteiger partial charge in [-0.25, -0.2) is 0 Å². The number of nitrogens with zero attached hydrogens (tertiary/aromatic N) is 2. The first-order chi connectivity index (χ1) is 22.2.